The second-order valence-corrected chi connectivity index (χ2v) is 12.6. The molecule has 5 heteroatoms. The van der Waals surface area contributed by atoms with Crippen molar-refractivity contribution in [2.24, 2.45) is 0 Å². The van der Waals surface area contributed by atoms with Gasteiger partial charge in [-0.15, -0.1) is 0 Å². The van der Waals surface area contributed by atoms with E-state index in [1.807, 2.05) is 18.2 Å². The minimum absolute atomic E-state index is 0.613. The molecule has 0 N–H and O–H groups in total. The van der Waals surface area contributed by atoms with Gasteiger partial charge in [-0.2, -0.15) is 0 Å². The molecule has 0 aliphatic rings. The van der Waals surface area contributed by atoms with E-state index < -0.39 is 0 Å². The van der Waals surface area contributed by atoms with E-state index in [1.165, 1.54) is 26.9 Å². The molecule has 0 radical (unpaired) electrons. The van der Waals surface area contributed by atoms with Crippen LogP contribution >= 0.6 is 0 Å². The van der Waals surface area contributed by atoms with Crippen LogP contribution < -0.4 is 0 Å². The summed E-state index contributed by atoms with van der Waals surface area (Å²) < 4.78 is 11.1. The molecule has 0 aliphatic carbocycles. The fourth-order valence-electron chi connectivity index (χ4n) is 7.72. The highest BCUT2D eigenvalue weighted by atomic mass is 16.3. The quantitative estimate of drug-likeness (QED) is 0.196. The lowest BCUT2D eigenvalue weighted by Gasteiger charge is -2.10. The van der Waals surface area contributed by atoms with Gasteiger partial charge >= 0.3 is 0 Å². The first-order valence-electron chi connectivity index (χ1n) is 16.5. The molecule has 4 heterocycles. The summed E-state index contributed by atoms with van der Waals surface area (Å²) in [5.41, 5.74) is 9.58. The summed E-state index contributed by atoms with van der Waals surface area (Å²) in [7, 11) is 0. The number of hydrogen-bond acceptors (Lipinski definition) is 3. The average molecular weight is 627 g/mol. The van der Waals surface area contributed by atoms with Crippen molar-refractivity contribution >= 4 is 76.5 Å². The molecule has 0 saturated heterocycles. The zero-order valence-electron chi connectivity index (χ0n) is 26.2. The van der Waals surface area contributed by atoms with Crippen LogP contribution in [-0.4, -0.2) is 19.1 Å². The number of hydrogen-bond donors (Lipinski definition) is 0. The molecule has 4 aromatic heterocycles. The van der Waals surface area contributed by atoms with Crippen LogP contribution in [0.25, 0.3) is 99.3 Å². The molecule has 5 nitrogen and oxygen atoms in total. The molecule has 0 amide bonds. The standard InChI is InChI=1S/C44H26N4O/c1-2-14-30(15-3-1)47-36-19-9-6-16-31(36)34-25-29(22-23-38(34)47)41-43-42(33-18-8-11-21-40(33)49-43)46-44(45-41)48-37-20-10-7-17-32(37)35-24-27-12-4-5-13-28(27)26-39(35)48/h1-26H. The Morgan fingerprint density at radius 1 is 0.429 bits per heavy atom. The first-order valence-corrected chi connectivity index (χ1v) is 16.5. The molecule has 11 aromatic rings. The number of fused-ring (bicyclic) bond motifs is 10. The Labute approximate surface area is 279 Å². The maximum atomic E-state index is 6.58. The van der Waals surface area contributed by atoms with Gasteiger partial charge in [-0.3, -0.25) is 4.57 Å². The van der Waals surface area contributed by atoms with Crippen molar-refractivity contribution in [1.82, 2.24) is 19.1 Å². The number of aromatic nitrogens is 4. The fraction of sp³-hybridized carbons (Fsp3) is 0. The molecular weight excluding hydrogens is 601 g/mol. The van der Waals surface area contributed by atoms with Crippen LogP contribution in [-0.2, 0) is 0 Å². The number of para-hydroxylation sites is 4. The Hall–Kier alpha value is -6.72. The maximum absolute atomic E-state index is 6.58. The number of rotatable bonds is 3. The average Bonchev–Trinajstić information content (AvgIpc) is 3.81. The van der Waals surface area contributed by atoms with Gasteiger partial charge in [0.15, 0.2) is 5.58 Å². The lowest BCUT2D eigenvalue weighted by Crippen LogP contribution is -2.03. The summed E-state index contributed by atoms with van der Waals surface area (Å²) in [5, 5.41) is 8.04. The van der Waals surface area contributed by atoms with E-state index >= 15 is 0 Å². The Balaban J connectivity index is 1.24. The van der Waals surface area contributed by atoms with E-state index in [2.05, 4.69) is 149 Å². The Morgan fingerprint density at radius 3 is 1.84 bits per heavy atom. The van der Waals surface area contributed by atoms with Crippen molar-refractivity contribution in [3.63, 3.8) is 0 Å². The van der Waals surface area contributed by atoms with Crippen molar-refractivity contribution in [3.05, 3.63) is 158 Å². The second-order valence-electron chi connectivity index (χ2n) is 12.6. The van der Waals surface area contributed by atoms with E-state index in [1.54, 1.807) is 0 Å². The van der Waals surface area contributed by atoms with Crippen LogP contribution in [0.1, 0.15) is 0 Å². The van der Waals surface area contributed by atoms with E-state index in [0.717, 1.165) is 60.9 Å². The number of benzene rings is 7. The smallest absolute Gasteiger partial charge is 0.236 e. The molecule has 49 heavy (non-hydrogen) atoms. The highest BCUT2D eigenvalue weighted by molar-refractivity contribution is 6.15. The summed E-state index contributed by atoms with van der Waals surface area (Å²) in [6, 6.07) is 55.5. The molecule has 0 spiro atoms. The van der Waals surface area contributed by atoms with Crippen LogP contribution in [0.15, 0.2) is 162 Å². The third kappa shape index (κ3) is 3.75. The predicted octanol–water partition coefficient (Wildman–Crippen LogP) is 11.4. The van der Waals surface area contributed by atoms with Crippen molar-refractivity contribution < 1.29 is 4.42 Å². The summed E-state index contributed by atoms with van der Waals surface area (Å²) in [5.74, 6) is 0.613. The van der Waals surface area contributed by atoms with Crippen LogP contribution in [0, 0.1) is 0 Å². The van der Waals surface area contributed by atoms with Gasteiger partial charge in [0.1, 0.15) is 16.8 Å². The molecule has 0 atom stereocenters. The normalized spacial score (nSPS) is 12.1. The largest absolute Gasteiger partial charge is 0.452 e. The van der Waals surface area contributed by atoms with Gasteiger partial charge in [0.05, 0.1) is 22.1 Å². The Kier molecular flexibility index (Phi) is 5.32. The van der Waals surface area contributed by atoms with E-state index in [0.29, 0.717) is 11.5 Å². The lowest BCUT2D eigenvalue weighted by molar-refractivity contribution is 0.666. The van der Waals surface area contributed by atoms with Crippen LogP contribution in [0.3, 0.4) is 0 Å². The molecule has 0 fully saturated rings. The predicted molar refractivity (Wildman–Crippen MR) is 201 cm³/mol. The fourth-order valence-corrected chi connectivity index (χ4v) is 7.72. The van der Waals surface area contributed by atoms with Crippen LogP contribution in [0.5, 0.6) is 0 Å². The molecule has 11 rings (SSSR count). The van der Waals surface area contributed by atoms with Crippen molar-refractivity contribution in [2.75, 3.05) is 0 Å². The highest BCUT2D eigenvalue weighted by Gasteiger charge is 2.22. The summed E-state index contributed by atoms with van der Waals surface area (Å²) in [6.45, 7) is 0. The number of furan rings is 1. The van der Waals surface area contributed by atoms with Crippen molar-refractivity contribution in [2.45, 2.75) is 0 Å². The minimum atomic E-state index is 0.613. The minimum Gasteiger partial charge on any atom is -0.452 e. The van der Waals surface area contributed by atoms with Crippen molar-refractivity contribution in [1.29, 1.82) is 0 Å². The number of nitrogens with zero attached hydrogens (tertiary/aromatic N) is 4. The van der Waals surface area contributed by atoms with Crippen LogP contribution in [0.2, 0.25) is 0 Å². The van der Waals surface area contributed by atoms with Gasteiger partial charge in [0.2, 0.25) is 5.95 Å². The van der Waals surface area contributed by atoms with Crippen molar-refractivity contribution in [3.8, 4) is 22.9 Å². The van der Waals surface area contributed by atoms with Gasteiger partial charge in [0, 0.05) is 38.2 Å². The van der Waals surface area contributed by atoms with E-state index in [4.69, 9.17) is 14.4 Å². The van der Waals surface area contributed by atoms with E-state index in [9.17, 15) is 0 Å². The summed E-state index contributed by atoms with van der Waals surface area (Å²) in [4.78, 5) is 10.7. The second kappa shape index (κ2) is 9.89. The monoisotopic (exact) mass is 626 g/mol. The van der Waals surface area contributed by atoms with E-state index in [-0.39, 0.29) is 0 Å². The summed E-state index contributed by atoms with van der Waals surface area (Å²) >= 11 is 0. The lowest BCUT2D eigenvalue weighted by atomic mass is 10.1. The molecule has 0 unspecified atom stereocenters. The van der Waals surface area contributed by atoms with Gasteiger partial charge in [-0.25, -0.2) is 9.97 Å². The topological polar surface area (TPSA) is 48.8 Å². The maximum Gasteiger partial charge on any atom is 0.236 e. The molecular formula is C44H26N4O. The SMILES string of the molecule is c1ccc(-n2c3ccccc3c3cc(-c4nc(-n5c6ccccc6c6cc7ccccc7cc65)nc5c4oc4ccccc45)ccc32)cc1. The third-order valence-corrected chi connectivity index (χ3v) is 9.91. The summed E-state index contributed by atoms with van der Waals surface area (Å²) in [6.07, 6.45) is 0. The molecule has 7 aromatic carbocycles. The zero-order chi connectivity index (χ0) is 32.1. The van der Waals surface area contributed by atoms with Gasteiger partial charge in [0.25, 0.3) is 0 Å². The van der Waals surface area contributed by atoms with Gasteiger partial charge < -0.3 is 8.98 Å². The Morgan fingerprint density at radius 2 is 1.04 bits per heavy atom. The molecule has 0 bridgehead atoms. The molecule has 0 saturated carbocycles. The molecule has 0 aliphatic heterocycles. The first kappa shape index (κ1) is 26.4. The zero-order valence-corrected chi connectivity index (χ0v) is 26.2. The molecule has 228 valence electrons. The third-order valence-electron chi connectivity index (χ3n) is 9.91. The Bertz CT molecular complexity index is 3110. The van der Waals surface area contributed by atoms with Crippen LogP contribution in [0.4, 0.5) is 0 Å². The first-order chi connectivity index (χ1) is 24.3. The highest BCUT2D eigenvalue weighted by Crippen LogP contribution is 2.40. The van der Waals surface area contributed by atoms with Gasteiger partial charge in [-0.05, 0) is 71.4 Å². The van der Waals surface area contributed by atoms with Gasteiger partial charge in [-0.1, -0.05) is 97.1 Å².